The molecule has 0 bridgehead atoms. The summed E-state index contributed by atoms with van der Waals surface area (Å²) in [7, 11) is 4.58. The van der Waals surface area contributed by atoms with Crippen molar-refractivity contribution in [2.75, 3.05) is 33.7 Å². The van der Waals surface area contributed by atoms with Crippen molar-refractivity contribution in [2.24, 2.45) is 0 Å². The fraction of sp³-hybridized carbons (Fsp3) is 1.00. The second-order valence-corrected chi connectivity index (χ2v) is 3.70. The molecule has 68 valence electrons. The van der Waals surface area contributed by atoms with E-state index in [0.717, 1.165) is 0 Å². The Bertz CT molecular complexity index is 99.7. The van der Waals surface area contributed by atoms with E-state index in [1.807, 2.05) is 13.8 Å². The van der Waals surface area contributed by atoms with Crippen LogP contribution in [0.1, 0.15) is 20.8 Å². The van der Waals surface area contributed by atoms with E-state index in [9.17, 15) is 0 Å². The number of likely N-dealkylation sites (N-methyl/N-ethyl adjacent to an activating group) is 1. The minimum atomic E-state index is 0.703. The highest BCUT2D eigenvalue weighted by Gasteiger charge is 2.22. The third-order valence-corrected chi connectivity index (χ3v) is 1.98. The van der Waals surface area contributed by atoms with Crippen LogP contribution in [0.4, 0.5) is 0 Å². The molecule has 0 saturated carbocycles. The summed E-state index contributed by atoms with van der Waals surface area (Å²) in [4.78, 5) is 0. The van der Waals surface area contributed by atoms with Gasteiger partial charge < -0.3 is 9.80 Å². The lowest BCUT2D eigenvalue weighted by atomic mass is 10.2. The number of quaternary nitrogens is 1. The maximum atomic E-state index is 3.42. The van der Waals surface area contributed by atoms with Crippen molar-refractivity contribution in [3.8, 4) is 0 Å². The Balaban J connectivity index is 0.000000461. The Morgan fingerprint density at radius 2 is 1.82 bits per heavy atom. The van der Waals surface area contributed by atoms with Crippen LogP contribution in [0.15, 0.2) is 0 Å². The number of nitrogens with zero attached hydrogens (tertiary/aromatic N) is 1. The Morgan fingerprint density at radius 1 is 1.27 bits per heavy atom. The van der Waals surface area contributed by atoms with Crippen molar-refractivity contribution in [2.45, 2.75) is 26.8 Å². The summed E-state index contributed by atoms with van der Waals surface area (Å²) in [5, 5.41) is 3.42. The maximum Gasteiger partial charge on any atom is 0.0936 e. The molecule has 1 saturated heterocycles. The highest BCUT2D eigenvalue weighted by molar-refractivity contribution is 4.63. The summed E-state index contributed by atoms with van der Waals surface area (Å²) in [6.07, 6.45) is 0. The first kappa shape index (κ1) is 10.9. The zero-order chi connectivity index (χ0) is 8.91. The van der Waals surface area contributed by atoms with Gasteiger partial charge in [0, 0.05) is 6.54 Å². The quantitative estimate of drug-likeness (QED) is 0.522. The van der Waals surface area contributed by atoms with Gasteiger partial charge in [0.2, 0.25) is 0 Å². The van der Waals surface area contributed by atoms with Crippen LogP contribution in [0, 0.1) is 0 Å². The SMILES string of the molecule is CC.CC1C[N+](C)(C)CCN1. The number of hydrogen-bond donors (Lipinski definition) is 1. The lowest BCUT2D eigenvalue weighted by molar-refractivity contribution is -0.894. The van der Waals surface area contributed by atoms with Gasteiger partial charge in [0.1, 0.15) is 0 Å². The molecular formula is C9H23N2+. The van der Waals surface area contributed by atoms with Crippen LogP contribution in [0.3, 0.4) is 0 Å². The molecule has 1 unspecified atom stereocenters. The monoisotopic (exact) mass is 159 g/mol. The zero-order valence-electron chi connectivity index (χ0n) is 8.65. The average Bonchev–Trinajstić information content (AvgIpc) is 1.89. The molecule has 2 heteroatoms. The molecule has 2 nitrogen and oxygen atoms in total. The fourth-order valence-corrected chi connectivity index (χ4v) is 1.51. The summed E-state index contributed by atoms with van der Waals surface area (Å²) in [5.74, 6) is 0. The molecule has 0 aromatic carbocycles. The minimum Gasteiger partial charge on any atom is -0.326 e. The van der Waals surface area contributed by atoms with Crippen LogP contribution in [0.25, 0.3) is 0 Å². The van der Waals surface area contributed by atoms with Crippen molar-refractivity contribution < 1.29 is 4.48 Å². The zero-order valence-corrected chi connectivity index (χ0v) is 8.65. The van der Waals surface area contributed by atoms with Gasteiger partial charge in [0.05, 0.1) is 33.2 Å². The molecule has 1 rings (SSSR count). The van der Waals surface area contributed by atoms with Crippen molar-refractivity contribution >= 4 is 0 Å². The van der Waals surface area contributed by atoms with Crippen LogP contribution in [-0.4, -0.2) is 44.3 Å². The van der Waals surface area contributed by atoms with E-state index in [0.29, 0.717) is 6.04 Å². The minimum absolute atomic E-state index is 0.703. The Morgan fingerprint density at radius 3 is 2.09 bits per heavy atom. The van der Waals surface area contributed by atoms with Gasteiger partial charge in [-0.2, -0.15) is 0 Å². The molecule has 0 aromatic heterocycles. The van der Waals surface area contributed by atoms with E-state index in [1.54, 1.807) is 0 Å². The first-order valence-corrected chi connectivity index (χ1v) is 4.65. The lowest BCUT2D eigenvalue weighted by Gasteiger charge is -2.37. The third-order valence-electron chi connectivity index (χ3n) is 1.98. The van der Waals surface area contributed by atoms with Crippen LogP contribution in [0.2, 0.25) is 0 Å². The van der Waals surface area contributed by atoms with Crippen molar-refractivity contribution in [1.29, 1.82) is 0 Å². The molecule has 1 aliphatic rings. The van der Waals surface area contributed by atoms with Gasteiger partial charge in [0.15, 0.2) is 0 Å². The summed E-state index contributed by atoms with van der Waals surface area (Å²) in [6, 6.07) is 0.703. The summed E-state index contributed by atoms with van der Waals surface area (Å²) < 4.78 is 1.17. The van der Waals surface area contributed by atoms with Crippen LogP contribution < -0.4 is 5.32 Å². The molecule has 11 heavy (non-hydrogen) atoms. The van der Waals surface area contributed by atoms with Gasteiger partial charge in [0.25, 0.3) is 0 Å². The van der Waals surface area contributed by atoms with E-state index in [4.69, 9.17) is 0 Å². The van der Waals surface area contributed by atoms with Gasteiger partial charge in [-0.1, -0.05) is 13.8 Å². The molecule has 1 fully saturated rings. The van der Waals surface area contributed by atoms with Crippen molar-refractivity contribution in [3.63, 3.8) is 0 Å². The van der Waals surface area contributed by atoms with Crippen molar-refractivity contribution in [3.05, 3.63) is 0 Å². The second-order valence-electron chi connectivity index (χ2n) is 3.70. The Hall–Kier alpha value is -0.0800. The number of rotatable bonds is 0. The number of piperazine rings is 1. The maximum absolute atomic E-state index is 3.42. The largest absolute Gasteiger partial charge is 0.326 e. The molecule has 0 aromatic rings. The summed E-state index contributed by atoms with van der Waals surface area (Å²) >= 11 is 0. The summed E-state index contributed by atoms with van der Waals surface area (Å²) in [6.45, 7) is 9.96. The van der Waals surface area contributed by atoms with Crippen LogP contribution in [0.5, 0.6) is 0 Å². The molecule has 1 N–H and O–H groups in total. The van der Waals surface area contributed by atoms with Crippen LogP contribution >= 0.6 is 0 Å². The number of nitrogens with one attached hydrogen (secondary N) is 1. The van der Waals surface area contributed by atoms with E-state index in [1.165, 1.54) is 24.1 Å². The van der Waals surface area contributed by atoms with Gasteiger partial charge >= 0.3 is 0 Å². The molecule has 0 spiro atoms. The first-order chi connectivity index (χ1) is 5.10. The summed E-state index contributed by atoms with van der Waals surface area (Å²) in [5.41, 5.74) is 0. The van der Waals surface area contributed by atoms with Crippen LogP contribution in [-0.2, 0) is 0 Å². The van der Waals surface area contributed by atoms with Gasteiger partial charge in [-0.05, 0) is 6.92 Å². The third kappa shape index (κ3) is 4.38. The topological polar surface area (TPSA) is 12.0 Å². The number of hydrogen-bond acceptors (Lipinski definition) is 1. The highest BCUT2D eigenvalue weighted by atomic mass is 15.3. The average molecular weight is 159 g/mol. The molecule has 1 aliphatic heterocycles. The van der Waals surface area contributed by atoms with Gasteiger partial charge in [-0.25, -0.2) is 0 Å². The standard InChI is InChI=1S/C7H17N2.C2H6/c1-7-6-9(2,3)5-4-8-7;1-2/h7-8H,4-6H2,1-3H3;1-2H3/q+1;. The molecule has 0 aliphatic carbocycles. The van der Waals surface area contributed by atoms with E-state index >= 15 is 0 Å². The van der Waals surface area contributed by atoms with E-state index in [2.05, 4.69) is 26.3 Å². The predicted molar refractivity (Wildman–Crippen MR) is 50.7 cm³/mol. The molecule has 0 radical (unpaired) electrons. The molecular weight excluding hydrogens is 136 g/mol. The fourth-order valence-electron chi connectivity index (χ4n) is 1.51. The highest BCUT2D eigenvalue weighted by Crippen LogP contribution is 2.02. The van der Waals surface area contributed by atoms with Gasteiger partial charge in [-0.3, -0.25) is 0 Å². The van der Waals surface area contributed by atoms with Gasteiger partial charge in [-0.15, -0.1) is 0 Å². The van der Waals surface area contributed by atoms with E-state index < -0.39 is 0 Å². The lowest BCUT2D eigenvalue weighted by Crippen LogP contribution is -2.57. The van der Waals surface area contributed by atoms with E-state index in [-0.39, 0.29) is 0 Å². The first-order valence-electron chi connectivity index (χ1n) is 4.65. The Kier molecular flexibility index (Phi) is 4.69. The molecule has 1 atom stereocenters. The van der Waals surface area contributed by atoms with Crippen molar-refractivity contribution in [1.82, 2.24) is 5.32 Å². The predicted octanol–water partition coefficient (Wildman–Crippen LogP) is 1.08. The second kappa shape index (κ2) is 4.73. The molecule has 0 amide bonds. The smallest absolute Gasteiger partial charge is 0.0936 e. The normalized spacial score (nSPS) is 28.6. The Labute approximate surface area is 71.2 Å². The molecule has 1 heterocycles.